The van der Waals surface area contributed by atoms with E-state index in [2.05, 4.69) is 20.5 Å². The highest BCUT2D eigenvalue weighted by Gasteiger charge is 2.31. The van der Waals surface area contributed by atoms with Crippen LogP contribution in [0.3, 0.4) is 0 Å². The first kappa shape index (κ1) is 34.6. The summed E-state index contributed by atoms with van der Waals surface area (Å²) in [6.45, 7) is 3.75. The zero-order valence-electron chi connectivity index (χ0n) is 27.3. The quantitative estimate of drug-likeness (QED) is 0.222. The van der Waals surface area contributed by atoms with Crippen LogP contribution in [0.5, 0.6) is 0 Å². The Bertz CT molecular complexity index is 1560. The standard InChI is InChI=1S/C35H47N5O6S/c1-25(2)47(43,44)39-33-21-30(35(42)37-29-18-10-12-20-32(29)46-24-27-15-7-4-8-16-27)40(38-33)22-34(41)36-28-17-9-11-19-31(28)45-23-26-13-5-3-6-14-26/h3-8,13-16,21,25,28-29,31-32H,9-12,17-20,22-24H2,1-2H3,(H,36,41)(H,37,42)(H,38,39)/t28-,29-,31-,32-/m0/s1. The van der Waals surface area contributed by atoms with Crippen molar-refractivity contribution in [3.63, 3.8) is 0 Å². The Morgan fingerprint density at radius 2 is 1.32 bits per heavy atom. The van der Waals surface area contributed by atoms with Gasteiger partial charge in [0.05, 0.1) is 42.8 Å². The molecule has 0 aliphatic heterocycles. The van der Waals surface area contributed by atoms with Gasteiger partial charge in [0, 0.05) is 6.07 Å². The van der Waals surface area contributed by atoms with Gasteiger partial charge in [-0.3, -0.25) is 14.3 Å². The largest absolute Gasteiger partial charge is 0.371 e. The normalized spacial score (nSPS) is 21.7. The van der Waals surface area contributed by atoms with Crippen LogP contribution in [0.2, 0.25) is 0 Å². The Balaban J connectivity index is 1.28. The lowest BCUT2D eigenvalue weighted by Crippen LogP contribution is -2.48. The van der Waals surface area contributed by atoms with E-state index in [1.807, 2.05) is 60.7 Å². The highest BCUT2D eigenvalue weighted by atomic mass is 32.2. The van der Waals surface area contributed by atoms with Gasteiger partial charge in [-0.25, -0.2) is 13.1 Å². The maximum absolute atomic E-state index is 13.8. The number of hydrogen-bond acceptors (Lipinski definition) is 7. The van der Waals surface area contributed by atoms with E-state index < -0.39 is 21.2 Å². The van der Waals surface area contributed by atoms with Crippen molar-refractivity contribution in [2.45, 2.75) is 115 Å². The number of carbonyl (C=O) groups excluding carboxylic acids is 2. The van der Waals surface area contributed by atoms with Crippen LogP contribution in [0.4, 0.5) is 5.82 Å². The number of anilines is 1. The summed E-state index contributed by atoms with van der Waals surface area (Å²) in [5, 5.41) is 9.85. The van der Waals surface area contributed by atoms with Gasteiger partial charge in [0.2, 0.25) is 15.9 Å². The van der Waals surface area contributed by atoms with Gasteiger partial charge >= 0.3 is 0 Å². The van der Waals surface area contributed by atoms with Gasteiger partial charge in [0.25, 0.3) is 5.91 Å². The molecule has 0 unspecified atom stereocenters. The molecular formula is C35H47N5O6S. The molecular weight excluding hydrogens is 618 g/mol. The SMILES string of the molecule is CC(C)S(=O)(=O)Nc1cc(C(=O)N[C@H]2CCCC[C@@H]2OCc2ccccc2)n(CC(=O)N[C@H]2CCCC[C@@H]2OCc2ccccc2)n1. The molecule has 4 atom stereocenters. The zero-order valence-corrected chi connectivity index (χ0v) is 28.1. The Hall–Kier alpha value is -3.74. The van der Waals surface area contributed by atoms with Crippen LogP contribution in [0.1, 0.15) is 86.8 Å². The molecule has 5 rings (SSSR count). The second kappa shape index (κ2) is 16.4. The van der Waals surface area contributed by atoms with Gasteiger partial charge < -0.3 is 20.1 Å². The van der Waals surface area contributed by atoms with Crippen molar-refractivity contribution >= 4 is 27.7 Å². The topological polar surface area (TPSA) is 141 Å². The van der Waals surface area contributed by atoms with Crippen molar-refractivity contribution < 1.29 is 27.5 Å². The number of benzene rings is 2. The van der Waals surface area contributed by atoms with Gasteiger partial charge in [-0.15, -0.1) is 0 Å². The number of carbonyl (C=O) groups is 2. The Morgan fingerprint density at radius 3 is 1.85 bits per heavy atom. The number of sulfonamides is 1. The van der Waals surface area contributed by atoms with E-state index in [0.29, 0.717) is 13.2 Å². The average Bonchev–Trinajstić information content (AvgIpc) is 3.45. The molecule has 12 heteroatoms. The lowest BCUT2D eigenvalue weighted by Gasteiger charge is -2.32. The lowest BCUT2D eigenvalue weighted by molar-refractivity contribution is -0.124. The molecule has 3 aromatic rings. The van der Waals surface area contributed by atoms with Crippen molar-refractivity contribution in [3.05, 3.63) is 83.6 Å². The highest BCUT2D eigenvalue weighted by Crippen LogP contribution is 2.25. The van der Waals surface area contributed by atoms with Crippen LogP contribution in [0, 0.1) is 0 Å². The molecule has 1 aromatic heterocycles. The Morgan fingerprint density at radius 1 is 0.809 bits per heavy atom. The van der Waals surface area contributed by atoms with E-state index in [1.54, 1.807) is 13.8 Å². The van der Waals surface area contributed by atoms with Gasteiger partial charge in [0.1, 0.15) is 12.2 Å². The lowest BCUT2D eigenvalue weighted by atomic mass is 9.92. The molecule has 2 saturated carbocycles. The minimum absolute atomic E-state index is 0.0149. The molecule has 1 heterocycles. The van der Waals surface area contributed by atoms with E-state index in [-0.39, 0.29) is 48.3 Å². The summed E-state index contributed by atoms with van der Waals surface area (Å²) in [5.74, 6) is -0.788. The monoisotopic (exact) mass is 665 g/mol. The molecule has 0 spiro atoms. The molecule has 2 fully saturated rings. The highest BCUT2D eigenvalue weighted by molar-refractivity contribution is 7.93. The second-order valence-corrected chi connectivity index (χ2v) is 15.0. The minimum atomic E-state index is -3.73. The third-order valence-electron chi connectivity index (χ3n) is 8.86. The molecule has 2 aliphatic rings. The van der Waals surface area contributed by atoms with Crippen molar-refractivity contribution in [2.24, 2.45) is 0 Å². The van der Waals surface area contributed by atoms with Gasteiger partial charge in [-0.05, 0) is 50.7 Å². The summed E-state index contributed by atoms with van der Waals surface area (Å²) >= 11 is 0. The second-order valence-electron chi connectivity index (χ2n) is 12.8. The maximum atomic E-state index is 13.8. The minimum Gasteiger partial charge on any atom is -0.371 e. The predicted molar refractivity (Wildman–Crippen MR) is 180 cm³/mol. The molecule has 2 aliphatic carbocycles. The van der Waals surface area contributed by atoms with Crippen molar-refractivity contribution in [1.82, 2.24) is 20.4 Å². The third kappa shape index (κ3) is 9.88. The third-order valence-corrected chi connectivity index (χ3v) is 10.6. The van der Waals surface area contributed by atoms with E-state index in [4.69, 9.17) is 9.47 Å². The fourth-order valence-corrected chi connectivity index (χ4v) is 6.77. The molecule has 0 saturated heterocycles. The van der Waals surface area contributed by atoms with Crippen LogP contribution in [-0.4, -0.2) is 59.6 Å². The molecule has 0 radical (unpaired) electrons. The molecule has 47 heavy (non-hydrogen) atoms. The number of ether oxygens (including phenoxy) is 2. The number of amides is 2. The number of nitrogens with zero attached hydrogens (tertiary/aromatic N) is 2. The van der Waals surface area contributed by atoms with Gasteiger partial charge in [-0.1, -0.05) is 86.3 Å². The van der Waals surface area contributed by atoms with Crippen molar-refractivity contribution in [3.8, 4) is 0 Å². The van der Waals surface area contributed by atoms with Gasteiger partial charge in [0.15, 0.2) is 5.82 Å². The maximum Gasteiger partial charge on any atom is 0.269 e. The van der Waals surface area contributed by atoms with E-state index >= 15 is 0 Å². The van der Waals surface area contributed by atoms with Crippen molar-refractivity contribution in [1.29, 1.82) is 0 Å². The van der Waals surface area contributed by atoms with E-state index in [0.717, 1.165) is 62.5 Å². The van der Waals surface area contributed by atoms with Crippen LogP contribution < -0.4 is 15.4 Å². The first-order valence-electron chi connectivity index (χ1n) is 16.7. The average molecular weight is 666 g/mol. The van der Waals surface area contributed by atoms with Crippen LogP contribution in [-0.2, 0) is 44.1 Å². The molecule has 254 valence electrons. The summed E-state index contributed by atoms with van der Waals surface area (Å²) in [4.78, 5) is 27.2. The Kier molecular flexibility index (Phi) is 12.1. The number of nitrogens with one attached hydrogen (secondary N) is 3. The molecule has 3 N–H and O–H groups in total. The fraction of sp³-hybridized carbons (Fsp3) is 0.514. The van der Waals surface area contributed by atoms with E-state index in [1.165, 1.54) is 10.7 Å². The summed E-state index contributed by atoms with van der Waals surface area (Å²) in [5.41, 5.74) is 2.21. The summed E-state index contributed by atoms with van der Waals surface area (Å²) in [6, 6.07) is 20.8. The summed E-state index contributed by atoms with van der Waals surface area (Å²) < 4.78 is 41.5. The fourth-order valence-electron chi connectivity index (χ4n) is 6.14. The predicted octanol–water partition coefficient (Wildman–Crippen LogP) is 4.94. The number of hydrogen-bond donors (Lipinski definition) is 3. The summed E-state index contributed by atoms with van der Waals surface area (Å²) in [7, 11) is -3.73. The molecule has 0 bridgehead atoms. The van der Waals surface area contributed by atoms with Crippen LogP contribution in [0.25, 0.3) is 0 Å². The molecule has 2 amide bonds. The summed E-state index contributed by atoms with van der Waals surface area (Å²) in [6.07, 6.45) is 6.81. The van der Waals surface area contributed by atoms with Crippen molar-refractivity contribution in [2.75, 3.05) is 4.72 Å². The zero-order chi connectivity index (χ0) is 33.2. The van der Waals surface area contributed by atoms with Crippen LogP contribution in [0.15, 0.2) is 66.7 Å². The molecule has 11 nitrogen and oxygen atoms in total. The van der Waals surface area contributed by atoms with Crippen LogP contribution >= 0.6 is 0 Å². The Labute approximate surface area is 277 Å². The first-order valence-corrected chi connectivity index (χ1v) is 18.2. The molecule has 2 aromatic carbocycles. The number of aromatic nitrogens is 2. The first-order chi connectivity index (χ1) is 22.7. The number of rotatable bonds is 14. The smallest absolute Gasteiger partial charge is 0.269 e. The van der Waals surface area contributed by atoms with E-state index in [9.17, 15) is 18.0 Å². The van der Waals surface area contributed by atoms with Gasteiger partial charge in [-0.2, -0.15) is 5.10 Å².